The zero-order valence-corrected chi connectivity index (χ0v) is 14.0. The Kier molecular flexibility index (Phi) is 4.18. The van der Waals surface area contributed by atoms with Gasteiger partial charge in [-0.3, -0.25) is 9.69 Å². The van der Waals surface area contributed by atoms with E-state index in [2.05, 4.69) is 20.3 Å². The molecule has 1 aliphatic heterocycles. The molecule has 0 radical (unpaired) electrons. The third kappa shape index (κ3) is 3.40. The summed E-state index contributed by atoms with van der Waals surface area (Å²) in [5.41, 5.74) is 2.89. The second-order valence-electron chi connectivity index (χ2n) is 7.07. The van der Waals surface area contributed by atoms with Gasteiger partial charge < -0.3 is 0 Å². The molecule has 7 heteroatoms. The molecule has 128 valence electrons. The molecule has 24 heavy (non-hydrogen) atoms. The third-order valence-corrected chi connectivity index (χ3v) is 5.14. The predicted octanol–water partition coefficient (Wildman–Crippen LogP) is 1.72. The minimum absolute atomic E-state index is 0.0196. The van der Waals surface area contributed by atoms with Gasteiger partial charge in [0.05, 0.1) is 5.69 Å². The highest BCUT2D eigenvalue weighted by molar-refractivity contribution is 5.12. The average Bonchev–Trinajstić information content (AvgIpc) is 3.36. The first-order valence-corrected chi connectivity index (χ1v) is 8.77. The fourth-order valence-corrected chi connectivity index (χ4v) is 3.37. The van der Waals surface area contributed by atoms with Crippen LogP contribution in [0.4, 0.5) is 0 Å². The number of aryl methyl sites for hydroxylation is 1. The number of rotatable bonds is 5. The van der Waals surface area contributed by atoms with Crippen LogP contribution in [0.1, 0.15) is 48.7 Å². The number of piperidine rings is 1. The first kappa shape index (κ1) is 15.5. The van der Waals surface area contributed by atoms with E-state index in [0.29, 0.717) is 11.8 Å². The highest BCUT2D eigenvalue weighted by atomic mass is 16.6. The van der Waals surface area contributed by atoms with Gasteiger partial charge in [-0.05, 0) is 57.7 Å². The minimum atomic E-state index is 0.0196. The van der Waals surface area contributed by atoms with Crippen molar-refractivity contribution in [2.45, 2.75) is 51.6 Å². The number of nitrogens with zero attached hydrogens (tertiary/aromatic N) is 5. The fraction of sp³-hybridized carbons (Fsp3) is 0.647. The SMILES string of the molecule is Cc1nonc1CN1CCC(Cn2nc(C3CC3)ccc2=O)CC1. The van der Waals surface area contributed by atoms with E-state index in [1.54, 1.807) is 10.7 Å². The highest BCUT2D eigenvalue weighted by Crippen LogP contribution is 2.38. The lowest BCUT2D eigenvalue weighted by molar-refractivity contribution is 0.159. The van der Waals surface area contributed by atoms with Crippen LogP contribution in [0.3, 0.4) is 0 Å². The van der Waals surface area contributed by atoms with Gasteiger partial charge >= 0.3 is 0 Å². The average molecular weight is 329 g/mol. The van der Waals surface area contributed by atoms with Crippen LogP contribution in [0.2, 0.25) is 0 Å². The van der Waals surface area contributed by atoms with Crippen molar-refractivity contribution < 1.29 is 4.63 Å². The monoisotopic (exact) mass is 329 g/mol. The van der Waals surface area contributed by atoms with Crippen LogP contribution in [0.25, 0.3) is 0 Å². The molecule has 2 aromatic rings. The van der Waals surface area contributed by atoms with Gasteiger partial charge in [0.2, 0.25) is 0 Å². The van der Waals surface area contributed by atoms with E-state index in [-0.39, 0.29) is 5.56 Å². The smallest absolute Gasteiger partial charge is 0.266 e. The summed E-state index contributed by atoms with van der Waals surface area (Å²) in [6, 6.07) is 3.57. The van der Waals surface area contributed by atoms with Crippen LogP contribution < -0.4 is 5.56 Å². The molecule has 0 bridgehead atoms. The predicted molar refractivity (Wildman–Crippen MR) is 87.5 cm³/mol. The third-order valence-electron chi connectivity index (χ3n) is 5.14. The van der Waals surface area contributed by atoms with Crippen molar-refractivity contribution in [1.82, 2.24) is 25.0 Å². The molecule has 0 spiro atoms. The topological polar surface area (TPSA) is 77.1 Å². The second kappa shape index (κ2) is 6.47. The second-order valence-corrected chi connectivity index (χ2v) is 7.07. The molecule has 0 unspecified atom stereocenters. The largest absolute Gasteiger partial charge is 0.297 e. The van der Waals surface area contributed by atoms with Crippen LogP contribution in [0, 0.1) is 12.8 Å². The molecule has 4 rings (SSSR count). The molecular formula is C17H23N5O2. The highest BCUT2D eigenvalue weighted by Gasteiger charge is 2.26. The maximum Gasteiger partial charge on any atom is 0.266 e. The van der Waals surface area contributed by atoms with Crippen molar-refractivity contribution in [3.8, 4) is 0 Å². The Morgan fingerprint density at radius 1 is 1.17 bits per heavy atom. The summed E-state index contributed by atoms with van der Waals surface area (Å²) in [7, 11) is 0. The Balaban J connectivity index is 1.34. The molecule has 2 aromatic heterocycles. The lowest BCUT2D eigenvalue weighted by Gasteiger charge is -2.31. The van der Waals surface area contributed by atoms with Gasteiger partial charge in [-0.1, -0.05) is 10.3 Å². The van der Waals surface area contributed by atoms with Gasteiger partial charge in [-0.2, -0.15) is 5.10 Å². The summed E-state index contributed by atoms with van der Waals surface area (Å²) >= 11 is 0. The molecular weight excluding hydrogens is 306 g/mol. The van der Waals surface area contributed by atoms with Gasteiger partial charge in [-0.25, -0.2) is 9.31 Å². The van der Waals surface area contributed by atoms with Crippen LogP contribution in [-0.4, -0.2) is 38.1 Å². The minimum Gasteiger partial charge on any atom is -0.297 e. The van der Waals surface area contributed by atoms with Gasteiger partial charge in [0, 0.05) is 25.1 Å². The lowest BCUT2D eigenvalue weighted by atomic mass is 9.96. The van der Waals surface area contributed by atoms with Gasteiger partial charge in [0.15, 0.2) is 0 Å². The number of hydrogen-bond donors (Lipinski definition) is 0. The molecule has 1 saturated heterocycles. The standard InChI is InChI=1S/C17H23N5O2/c1-12-16(20-24-19-12)11-21-8-6-13(7-9-21)10-22-17(23)5-4-15(18-22)14-2-3-14/h4-5,13-14H,2-3,6-11H2,1H3. The van der Waals surface area contributed by atoms with Crippen LogP contribution in [-0.2, 0) is 13.1 Å². The van der Waals surface area contributed by atoms with Crippen LogP contribution in [0.5, 0.6) is 0 Å². The molecule has 0 amide bonds. The van der Waals surface area contributed by atoms with Crippen molar-refractivity contribution >= 4 is 0 Å². The summed E-state index contributed by atoms with van der Waals surface area (Å²) in [6.45, 7) is 5.46. The Morgan fingerprint density at radius 3 is 2.62 bits per heavy atom. The van der Waals surface area contributed by atoms with E-state index in [9.17, 15) is 4.79 Å². The molecule has 1 saturated carbocycles. The molecule has 0 atom stereocenters. The van der Waals surface area contributed by atoms with E-state index < -0.39 is 0 Å². The number of likely N-dealkylation sites (tertiary alicyclic amines) is 1. The Labute approximate surface area is 140 Å². The summed E-state index contributed by atoms with van der Waals surface area (Å²) in [6.07, 6.45) is 4.57. The summed E-state index contributed by atoms with van der Waals surface area (Å²) in [5, 5.41) is 12.4. The van der Waals surface area contributed by atoms with Crippen molar-refractivity contribution in [3.05, 3.63) is 39.6 Å². The Morgan fingerprint density at radius 2 is 1.96 bits per heavy atom. The van der Waals surface area contributed by atoms with E-state index in [0.717, 1.165) is 56.1 Å². The quantitative estimate of drug-likeness (QED) is 0.831. The van der Waals surface area contributed by atoms with Crippen LogP contribution in [0.15, 0.2) is 21.6 Å². The maximum atomic E-state index is 12.1. The Bertz CT molecular complexity index is 756. The van der Waals surface area contributed by atoms with Gasteiger partial charge in [0.1, 0.15) is 11.4 Å². The van der Waals surface area contributed by atoms with E-state index in [1.165, 1.54) is 12.8 Å². The Hall–Kier alpha value is -2.02. The fourth-order valence-electron chi connectivity index (χ4n) is 3.37. The normalized spacial score (nSPS) is 19.7. The van der Waals surface area contributed by atoms with Crippen LogP contribution >= 0.6 is 0 Å². The lowest BCUT2D eigenvalue weighted by Crippen LogP contribution is -2.36. The number of hydrogen-bond acceptors (Lipinski definition) is 6. The maximum absolute atomic E-state index is 12.1. The van der Waals surface area contributed by atoms with Gasteiger partial charge in [0.25, 0.3) is 5.56 Å². The first-order chi connectivity index (χ1) is 11.7. The van der Waals surface area contributed by atoms with E-state index in [4.69, 9.17) is 4.63 Å². The number of aromatic nitrogens is 4. The van der Waals surface area contributed by atoms with E-state index >= 15 is 0 Å². The van der Waals surface area contributed by atoms with Crippen molar-refractivity contribution in [3.63, 3.8) is 0 Å². The first-order valence-electron chi connectivity index (χ1n) is 8.77. The summed E-state index contributed by atoms with van der Waals surface area (Å²) < 4.78 is 6.44. The zero-order chi connectivity index (χ0) is 16.5. The van der Waals surface area contributed by atoms with Crippen molar-refractivity contribution in [2.24, 2.45) is 5.92 Å². The summed E-state index contributed by atoms with van der Waals surface area (Å²) in [4.78, 5) is 14.4. The summed E-state index contributed by atoms with van der Waals surface area (Å²) in [5.74, 6) is 1.09. The van der Waals surface area contributed by atoms with Crippen molar-refractivity contribution in [1.29, 1.82) is 0 Å². The molecule has 0 aromatic carbocycles. The molecule has 2 aliphatic rings. The molecule has 7 nitrogen and oxygen atoms in total. The zero-order valence-electron chi connectivity index (χ0n) is 14.0. The molecule has 3 heterocycles. The van der Waals surface area contributed by atoms with Crippen molar-refractivity contribution in [2.75, 3.05) is 13.1 Å². The molecule has 1 aliphatic carbocycles. The van der Waals surface area contributed by atoms with Gasteiger partial charge in [-0.15, -0.1) is 0 Å². The van der Waals surface area contributed by atoms with E-state index in [1.807, 2.05) is 13.0 Å². The molecule has 0 N–H and O–H groups in total. The molecule has 2 fully saturated rings.